The number of hydrogen-bond acceptors (Lipinski definition) is 2. The van der Waals surface area contributed by atoms with Crippen LogP contribution < -0.4 is 5.32 Å². The second-order valence-corrected chi connectivity index (χ2v) is 5.91. The highest BCUT2D eigenvalue weighted by Gasteiger charge is 2.23. The molecule has 1 unspecified atom stereocenters. The van der Waals surface area contributed by atoms with Gasteiger partial charge in [0.15, 0.2) is 0 Å². The molecule has 0 amide bonds. The predicted molar refractivity (Wildman–Crippen MR) is 72.2 cm³/mol. The van der Waals surface area contributed by atoms with E-state index in [4.69, 9.17) is 4.74 Å². The van der Waals surface area contributed by atoms with Gasteiger partial charge in [0, 0.05) is 25.3 Å². The summed E-state index contributed by atoms with van der Waals surface area (Å²) in [6.07, 6.45) is 12.3. The molecule has 100 valence electrons. The van der Waals surface area contributed by atoms with Crippen LogP contribution in [0.3, 0.4) is 0 Å². The molecule has 1 heterocycles. The topological polar surface area (TPSA) is 21.3 Å². The van der Waals surface area contributed by atoms with Crippen molar-refractivity contribution in [2.75, 3.05) is 13.2 Å². The zero-order chi connectivity index (χ0) is 11.9. The third kappa shape index (κ3) is 4.59. The van der Waals surface area contributed by atoms with E-state index in [0.717, 1.165) is 31.2 Å². The molecule has 17 heavy (non-hydrogen) atoms. The molecule has 1 aliphatic carbocycles. The van der Waals surface area contributed by atoms with E-state index in [9.17, 15) is 0 Å². The first kappa shape index (κ1) is 13.4. The van der Waals surface area contributed by atoms with Crippen LogP contribution in [0, 0.1) is 5.92 Å². The van der Waals surface area contributed by atoms with Gasteiger partial charge in [-0.05, 0) is 50.9 Å². The molecule has 0 aromatic rings. The fraction of sp³-hybridized carbons (Fsp3) is 1.00. The van der Waals surface area contributed by atoms with Crippen LogP contribution in [0.15, 0.2) is 0 Å². The van der Waals surface area contributed by atoms with Crippen LogP contribution in [-0.4, -0.2) is 25.3 Å². The fourth-order valence-electron chi connectivity index (χ4n) is 3.43. The zero-order valence-corrected chi connectivity index (χ0v) is 11.4. The van der Waals surface area contributed by atoms with Crippen molar-refractivity contribution < 1.29 is 4.74 Å². The van der Waals surface area contributed by atoms with Crippen LogP contribution in [0.25, 0.3) is 0 Å². The highest BCUT2D eigenvalue weighted by atomic mass is 16.5. The Morgan fingerprint density at radius 3 is 2.47 bits per heavy atom. The summed E-state index contributed by atoms with van der Waals surface area (Å²) in [5.41, 5.74) is 0. The summed E-state index contributed by atoms with van der Waals surface area (Å²) in [5, 5.41) is 3.88. The summed E-state index contributed by atoms with van der Waals surface area (Å²) in [5.74, 6) is 1.02. The van der Waals surface area contributed by atoms with Crippen LogP contribution in [0.1, 0.15) is 64.7 Å². The molecule has 2 rings (SSSR count). The minimum atomic E-state index is 0.727. The van der Waals surface area contributed by atoms with Crippen molar-refractivity contribution in [3.63, 3.8) is 0 Å². The molecule has 1 N–H and O–H groups in total. The van der Waals surface area contributed by atoms with Gasteiger partial charge in [0.05, 0.1) is 0 Å². The van der Waals surface area contributed by atoms with Crippen molar-refractivity contribution in [1.29, 1.82) is 0 Å². The molecule has 2 nitrogen and oxygen atoms in total. The van der Waals surface area contributed by atoms with Crippen LogP contribution in [-0.2, 0) is 4.74 Å². The fourth-order valence-corrected chi connectivity index (χ4v) is 3.43. The van der Waals surface area contributed by atoms with Gasteiger partial charge in [-0.25, -0.2) is 0 Å². The Hall–Kier alpha value is -0.0800. The summed E-state index contributed by atoms with van der Waals surface area (Å²) in [4.78, 5) is 0. The SMILES string of the molecule is CCCC1CCC(NC2CCCOCC2)CC1. The zero-order valence-electron chi connectivity index (χ0n) is 11.4. The molecule has 0 bridgehead atoms. The molecule has 2 aliphatic rings. The molecule has 0 aromatic carbocycles. The summed E-state index contributed by atoms with van der Waals surface area (Å²) in [6.45, 7) is 4.25. The molecule has 0 radical (unpaired) electrons. The molecule has 2 heteroatoms. The van der Waals surface area contributed by atoms with Crippen LogP contribution in [0.4, 0.5) is 0 Å². The van der Waals surface area contributed by atoms with Crippen LogP contribution in [0.2, 0.25) is 0 Å². The molecule has 0 spiro atoms. The Kier molecular flexibility index (Phi) is 5.79. The smallest absolute Gasteiger partial charge is 0.0480 e. The van der Waals surface area contributed by atoms with Gasteiger partial charge in [0.1, 0.15) is 0 Å². The van der Waals surface area contributed by atoms with E-state index in [2.05, 4.69) is 12.2 Å². The summed E-state index contributed by atoms with van der Waals surface area (Å²) >= 11 is 0. The van der Waals surface area contributed by atoms with Crippen molar-refractivity contribution in [3.8, 4) is 0 Å². The Morgan fingerprint density at radius 2 is 1.71 bits per heavy atom. The molecule has 1 aliphatic heterocycles. The third-order valence-corrected chi connectivity index (χ3v) is 4.47. The quantitative estimate of drug-likeness (QED) is 0.810. The first-order valence-corrected chi connectivity index (χ1v) is 7.72. The molecular weight excluding hydrogens is 210 g/mol. The summed E-state index contributed by atoms with van der Waals surface area (Å²) < 4.78 is 5.52. The summed E-state index contributed by atoms with van der Waals surface area (Å²) in [7, 11) is 0. The maximum atomic E-state index is 5.52. The molecular formula is C15H29NO. The van der Waals surface area contributed by atoms with Gasteiger partial charge in [-0.1, -0.05) is 19.8 Å². The highest BCUT2D eigenvalue weighted by molar-refractivity contribution is 4.81. The van der Waals surface area contributed by atoms with Gasteiger partial charge < -0.3 is 10.1 Å². The number of rotatable bonds is 4. The predicted octanol–water partition coefficient (Wildman–Crippen LogP) is 3.50. The first-order chi connectivity index (χ1) is 8.38. The minimum Gasteiger partial charge on any atom is -0.381 e. The van der Waals surface area contributed by atoms with Gasteiger partial charge in [-0.3, -0.25) is 0 Å². The normalized spacial score (nSPS) is 35.5. The molecule has 1 saturated carbocycles. The highest BCUT2D eigenvalue weighted by Crippen LogP contribution is 2.28. The lowest BCUT2D eigenvalue weighted by Gasteiger charge is -2.31. The lowest BCUT2D eigenvalue weighted by Crippen LogP contribution is -2.40. The summed E-state index contributed by atoms with van der Waals surface area (Å²) in [6, 6.07) is 1.52. The van der Waals surface area contributed by atoms with E-state index in [0.29, 0.717) is 0 Å². The Labute approximate surface area is 107 Å². The van der Waals surface area contributed by atoms with Crippen LogP contribution >= 0.6 is 0 Å². The van der Waals surface area contributed by atoms with Gasteiger partial charge in [-0.2, -0.15) is 0 Å². The molecule has 1 atom stereocenters. The van der Waals surface area contributed by atoms with Crippen molar-refractivity contribution in [2.24, 2.45) is 5.92 Å². The lowest BCUT2D eigenvalue weighted by molar-refractivity contribution is 0.141. The monoisotopic (exact) mass is 239 g/mol. The van der Waals surface area contributed by atoms with E-state index in [1.54, 1.807) is 0 Å². The Morgan fingerprint density at radius 1 is 0.941 bits per heavy atom. The standard InChI is InChI=1S/C15H29NO/c1-2-4-13-6-8-15(9-7-13)16-14-5-3-11-17-12-10-14/h13-16H,2-12H2,1H3. The largest absolute Gasteiger partial charge is 0.381 e. The van der Waals surface area contributed by atoms with Gasteiger partial charge in [0.2, 0.25) is 0 Å². The van der Waals surface area contributed by atoms with E-state index in [1.165, 1.54) is 57.8 Å². The maximum Gasteiger partial charge on any atom is 0.0480 e. The number of hydrogen-bond donors (Lipinski definition) is 1. The molecule has 1 saturated heterocycles. The van der Waals surface area contributed by atoms with Crippen molar-refractivity contribution >= 4 is 0 Å². The van der Waals surface area contributed by atoms with Crippen LogP contribution in [0.5, 0.6) is 0 Å². The van der Waals surface area contributed by atoms with Crippen molar-refractivity contribution in [3.05, 3.63) is 0 Å². The van der Waals surface area contributed by atoms with Crippen molar-refractivity contribution in [1.82, 2.24) is 5.32 Å². The van der Waals surface area contributed by atoms with E-state index in [1.807, 2.05) is 0 Å². The van der Waals surface area contributed by atoms with Gasteiger partial charge in [-0.15, -0.1) is 0 Å². The molecule has 0 aromatic heterocycles. The first-order valence-electron chi connectivity index (χ1n) is 7.72. The lowest BCUT2D eigenvalue weighted by atomic mass is 9.83. The second-order valence-electron chi connectivity index (χ2n) is 5.91. The van der Waals surface area contributed by atoms with Gasteiger partial charge >= 0.3 is 0 Å². The number of ether oxygens (including phenoxy) is 1. The number of nitrogens with one attached hydrogen (secondary N) is 1. The maximum absolute atomic E-state index is 5.52. The van der Waals surface area contributed by atoms with Crippen molar-refractivity contribution in [2.45, 2.75) is 76.8 Å². The Bertz CT molecular complexity index is 191. The third-order valence-electron chi connectivity index (χ3n) is 4.47. The molecule has 2 fully saturated rings. The van der Waals surface area contributed by atoms with E-state index >= 15 is 0 Å². The average Bonchev–Trinajstić information content (AvgIpc) is 2.61. The average molecular weight is 239 g/mol. The minimum absolute atomic E-state index is 0.727. The van der Waals surface area contributed by atoms with Gasteiger partial charge in [0.25, 0.3) is 0 Å². The van der Waals surface area contributed by atoms with E-state index < -0.39 is 0 Å². The Balaban J connectivity index is 1.66. The second kappa shape index (κ2) is 7.38. The van der Waals surface area contributed by atoms with E-state index in [-0.39, 0.29) is 0 Å².